The number of halogens is 1. The number of sulfonamides is 1. The number of rotatable bonds is 6. The van der Waals surface area contributed by atoms with E-state index in [2.05, 4.69) is 9.46 Å². The van der Waals surface area contributed by atoms with Crippen LogP contribution in [0.5, 0.6) is 0 Å². The van der Waals surface area contributed by atoms with Gasteiger partial charge < -0.3 is 4.74 Å². The minimum absolute atomic E-state index is 0.0547. The third-order valence-electron chi connectivity index (χ3n) is 3.07. The zero-order valence-corrected chi connectivity index (χ0v) is 13.2. The van der Waals surface area contributed by atoms with Gasteiger partial charge in [0, 0.05) is 5.02 Å². The summed E-state index contributed by atoms with van der Waals surface area (Å²) in [7, 11) is -2.57. The van der Waals surface area contributed by atoms with Gasteiger partial charge in [-0.25, -0.2) is 8.42 Å². The molecule has 1 aromatic carbocycles. The van der Waals surface area contributed by atoms with Gasteiger partial charge in [-0.15, -0.1) is 0 Å². The van der Waals surface area contributed by atoms with E-state index in [0.717, 1.165) is 0 Å². The molecule has 0 heterocycles. The molecular weight excluding hydrogens is 302 g/mol. The predicted molar refractivity (Wildman–Crippen MR) is 77.0 cm³/mol. The molecule has 112 valence electrons. The van der Waals surface area contributed by atoms with Crippen LogP contribution in [-0.4, -0.2) is 27.5 Å². The molecule has 7 heteroatoms. The molecule has 0 unspecified atom stereocenters. The largest absolute Gasteiger partial charge is 0.468 e. The summed E-state index contributed by atoms with van der Waals surface area (Å²) < 4.78 is 31.5. The second-order valence-corrected chi connectivity index (χ2v) is 6.61. The predicted octanol–water partition coefficient (Wildman–Crippen LogP) is 2.21. The van der Waals surface area contributed by atoms with Crippen LogP contribution in [-0.2, 0) is 19.6 Å². The Balaban J connectivity index is 3.02. The molecular formula is C13H18ClNO4S. The van der Waals surface area contributed by atoms with E-state index in [-0.39, 0.29) is 10.8 Å². The van der Waals surface area contributed by atoms with Gasteiger partial charge >= 0.3 is 5.97 Å². The molecule has 0 spiro atoms. The van der Waals surface area contributed by atoms with Crippen molar-refractivity contribution in [3.8, 4) is 0 Å². The van der Waals surface area contributed by atoms with Crippen LogP contribution in [0.2, 0.25) is 5.02 Å². The van der Waals surface area contributed by atoms with Crippen molar-refractivity contribution >= 4 is 27.6 Å². The third-order valence-corrected chi connectivity index (χ3v) is 4.78. The molecule has 1 rings (SSSR count). The number of esters is 1. The number of hydrogen-bond donors (Lipinski definition) is 1. The molecule has 2 atom stereocenters. The molecule has 0 aliphatic carbocycles. The van der Waals surface area contributed by atoms with Gasteiger partial charge in [0.25, 0.3) is 0 Å². The number of carbonyl (C=O) groups is 1. The Morgan fingerprint density at radius 2 is 1.90 bits per heavy atom. The standard InChI is InChI=1S/C13H18ClNO4S/c1-4-9(2)12(13(16)19-3)15-20(17,18)11-7-5-10(14)6-8-11/h5-9,12,15H,4H2,1-3H3/t9-,12-/m1/s1. The van der Waals surface area contributed by atoms with Crippen molar-refractivity contribution in [1.29, 1.82) is 0 Å². The number of hydrogen-bond acceptors (Lipinski definition) is 4. The van der Waals surface area contributed by atoms with Crippen molar-refractivity contribution in [3.05, 3.63) is 29.3 Å². The Morgan fingerprint density at radius 3 is 2.35 bits per heavy atom. The maximum atomic E-state index is 12.2. The summed E-state index contributed by atoms with van der Waals surface area (Å²) in [6.07, 6.45) is 0.642. The van der Waals surface area contributed by atoms with Crippen molar-refractivity contribution in [1.82, 2.24) is 4.72 Å². The van der Waals surface area contributed by atoms with Gasteiger partial charge in [-0.1, -0.05) is 31.9 Å². The lowest BCUT2D eigenvalue weighted by atomic mass is 10.0. The Bertz CT molecular complexity index is 556. The van der Waals surface area contributed by atoms with Crippen LogP contribution in [0.3, 0.4) is 0 Å². The molecule has 0 aromatic heterocycles. The van der Waals surface area contributed by atoms with E-state index in [4.69, 9.17) is 11.6 Å². The van der Waals surface area contributed by atoms with Crippen LogP contribution < -0.4 is 4.72 Å². The van der Waals surface area contributed by atoms with Crippen molar-refractivity contribution in [3.63, 3.8) is 0 Å². The van der Waals surface area contributed by atoms with Gasteiger partial charge in [0.15, 0.2) is 0 Å². The van der Waals surface area contributed by atoms with E-state index in [1.807, 2.05) is 6.92 Å². The highest BCUT2D eigenvalue weighted by Gasteiger charge is 2.30. The van der Waals surface area contributed by atoms with Gasteiger partial charge in [-0.3, -0.25) is 4.79 Å². The van der Waals surface area contributed by atoms with E-state index in [9.17, 15) is 13.2 Å². The average Bonchev–Trinajstić information content (AvgIpc) is 2.43. The molecule has 0 amide bonds. The van der Waals surface area contributed by atoms with E-state index < -0.39 is 22.0 Å². The van der Waals surface area contributed by atoms with Crippen molar-refractivity contribution < 1.29 is 17.9 Å². The highest BCUT2D eigenvalue weighted by atomic mass is 35.5. The number of nitrogens with one attached hydrogen (secondary N) is 1. The molecule has 0 bridgehead atoms. The maximum Gasteiger partial charge on any atom is 0.324 e. The molecule has 1 aromatic rings. The number of carbonyl (C=O) groups excluding carboxylic acids is 1. The van der Waals surface area contributed by atoms with Crippen LogP contribution in [0.25, 0.3) is 0 Å². The highest BCUT2D eigenvalue weighted by molar-refractivity contribution is 7.89. The lowest BCUT2D eigenvalue weighted by molar-refractivity contribution is -0.143. The Morgan fingerprint density at radius 1 is 1.35 bits per heavy atom. The van der Waals surface area contributed by atoms with Gasteiger partial charge in [-0.05, 0) is 30.2 Å². The van der Waals surface area contributed by atoms with Crippen molar-refractivity contribution in [2.24, 2.45) is 5.92 Å². The molecule has 0 saturated carbocycles. The SMILES string of the molecule is CC[C@@H](C)[C@@H](NS(=O)(=O)c1ccc(Cl)cc1)C(=O)OC. The van der Waals surface area contributed by atoms with Crippen LogP contribution in [0, 0.1) is 5.92 Å². The minimum atomic E-state index is -3.80. The third kappa shape index (κ3) is 4.19. The number of ether oxygens (including phenoxy) is 1. The Hall–Kier alpha value is -1.11. The molecule has 0 fully saturated rings. The van der Waals surface area contributed by atoms with E-state index in [1.54, 1.807) is 6.92 Å². The molecule has 0 radical (unpaired) electrons. The van der Waals surface area contributed by atoms with Gasteiger partial charge in [0.1, 0.15) is 6.04 Å². The summed E-state index contributed by atoms with van der Waals surface area (Å²) in [6.45, 7) is 3.66. The van der Waals surface area contributed by atoms with Crippen LogP contribution in [0.15, 0.2) is 29.2 Å². The van der Waals surface area contributed by atoms with E-state index in [1.165, 1.54) is 31.4 Å². The highest BCUT2D eigenvalue weighted by Crippen LogP contribution is 2.17. The first-order valence-corrected chi connectivity index (χ1v) is 8.03. The summed E-state index contributed by atoms with van der Waals surface area (Å²) in [5.41, 5.74) is 0. The molecule has 5 nitrogen and oxygen atoms in total. The summed E-state index contributed by atoms with van der Waals surface area (Å²) >= 11 is 5.72. The topological polar surface area (TPSA) is 72.5 Å². The summed E-state index contributed by atoms with van der Waals surface area (Å²) in [5, 5.41) is 0.440. The zero-order valence-electron chi connectivity index (χ0n) is 11.6. The first kappa shape index (κ1) is 16.9. The second-order valence-electron chi connectivity index (χ2n) is 4.46. The smallest absolute Gasteiger partial charge is 0.324 e. The van der Waals surface area contributed by atoms with Crippen molar-refractivity contribution in [2.75, 3.05) is 7.11 Å². The van der Waals surface area contributed by atoms with Crippen molar-refractivity contribution in [2.45, 2.75) is 31.2 Å². The second kappa shape index (κ2) is 7.06. The van der Waals surface area contributed by atoms with Gasteiger partial charge in [-0.2, -0.15) is 4.72 Å². The van der Waals surface area contributed by atoms with Crippen LogP contribution >= 0.6 is 11.6 Å². The van der Waals surface area contributed by atoms with Gasteiger partial charge in [0.2, 0.25) is 10.0 Å². The fraction of sp³-hybridized carbons (Fsp3) is 0.462. The van der Waals surface area contributed by atoms with Crippen LogP contribution in [0.1, 0.15) is 20.3 Å². The van der Waals surface area contributed by atoms with E-state index in [0.29, 0.717) is 11.4 Å². The summed E-state index contributed by atoms with van der Waals surface area (Å²) in [6, 6.07) is 4.82. The Kier molecular flexibility index (Phi) is 5.98. The van der Waals surface area contributed by atoms with Gasteiger partial charge in [0.05, 0.1) is 12.0 Å². The molecule has 0 saturated heterocycles. The molecule has 0 aliphatic rings. The van der Waals surface area contributed by atoms with E-state index >= 15 is 0 Å². The Labute approximate surface area is 124 Å². The lowest BCUT2D eigenvalue weighted by Gasteiger charge is -2.21. The zero-order chi connectivity index (χ0) is 15.3. The molecule has 1 N–H and O–H groups in total. The minimum Gasteiger partial charge on any atom is -0.468 e. The fourth-order valence-electron chi connectivity index (χ4n) is 1.61. The monoisotopic (exact) mass is 319 g/mol. The molecule has 20 heavy (non-hydrogen) atoms. The fourth-order valence-corrected chi connectivity index (χ4v) is 3.03. The number of benzene rings is 1. The normalized spacial score (nSPS) is 14.6. The number of methoxy groups -OCH3 is 1. The first-order chi connectivity index (χ1) is 9.31. The van der Waals surface area contributed by atoms with Crippen LogP contribution in [0.4, 0.5) is 0 Å². The average molecular weight is 320 g/mol. The summed E-state index contributed by atoms with van der Waals surface area (Å²) in [5.74, 6) is -0.776. The molecule has 0 aliphatic heterocycles. The lowest BCUT2D eigenvalue weighted by Crippen LogP contribution is -2.45. The maximum absolute atomic E-state index is 12.2. The quantitative estimate of drug-likeness (QED) is 0.816. The first-order valence-electron chi connectivity index (χ1n) is 6.17. The summed E-state index contributed by atoms with van der Waals surface area (Å²) in [4.78, 5) is 11.8.